The molecule has 0 aliphatic heterocycles. The quantitative estimate of drug-likeness (QED) is 0.00901. The zero-order valence-corrected chi connectivity index (χ0v) is 53.2. The molecule has 0 unspecified atom stereocenters. The summed E-state index contributed by atoms with van der Waals surface area (Å²) in [5.74, 6) is -4.51. The molecule has 1 aliphatic carbocycles. The Labute approximate surface area is 526 Å². The molecule has 90 heavy (non-hydrogen) atoms. The molecule has 0 aromatic heterocycles. The van der Waals surface area contributed by atoms with Gasteiger partial charge in [-0.25, -0.2) is 9.59 Å². The van der Waals surface area contributed by atoms with Crippen LogP contribution in [0.4, 0.5) is 0 Å². The molecule has 20 heteroatoms. The van der Waals surface area contributed by atoms with Crippen LogP contribution >= 0.6 is 0 Å². The van der Waals surface area contributed by atoms with E-state index in [1.54, 1.807) is 62.4 Å². The van der Waals surface area contributed by atoms with Gasteiger partial charge in [0.05, 0.1) is 13.2 Å². The standard InChI is InChI=1S/C70H84O20/c1-11-17-57(71)45-29-49-37-53-33-47(59(73)19-13-3)35-55(67(53)87-25-27-89-69(79)43(7)8)39-51-31-46(58(72)18-12-2)32-52(66(51)86-24-22-84-64(78)42-62(76)82-16-6)40-56-36-48(60(74)20-14-4)34-54(68(56)88-26-28-90-70(80)44(9)10)38-50(30-45)65(49)85-23-21-83-63(77)41-61(75)81-15-5/h29-36H,7,9,11-28,37-42H2,1-6,8,10H3. The first kappa shape index (κ1) is 71.8. The van der Waals surface area contributed by atoms with E-state index >= 15 is 0 Å². The smallest absolute Gasteiger partial charge is 0.333 e. The molecule has 20 nitrogen and oxygen atoms in total. The van der Waals surface area contributed by atoms with Crippen LogP contribution in [0.25, 0.3) is 0 Å². The first-order valence-electron chi connectivity index (χ1n) is 30.7. The highest BCUT2D eigenvalue weighted by Gasteiger charge is 2.28. The topological polar surface area (TPSA) is 263 Å². The zero-order valence-electron chi connectivity index (χ0n) is 53.2. The summed E-state index contributed by atoms with van der Waals surface area (Å²) in [5.41, 5.74) is 4.79. The van der Waals surface area contributed by atoms with E-state index in [2.05, 4.69) is 13.2 Å². The van der Waals surface area contributed by atoms with Crippen LogP contribution in [-0.4, -0.2) is 125 Å². The van der Waals surface area contributed by atoms with Gasteiger partial charge in [0.15, 0.2) is 23.1 Å². The second-order valence-corrected chi connectivity index (χ2v) is 21.5. The molecule has 0 radical (unpaired) electrons. The Bertz CT molecular complexity index is 3000. The number of esters is 6. The minimum atomic E-state index is -0.859. The van der Waals surface area contributed by atoms with Gasteiger partial charge in [-0.15, -0.1) is 0 Å². The number of hydrogen-bond acceptors (Lipinski definition) is 20. The Kier molecular flexibility index (Phi) is 29.1. The number of carbonyl (C=O) groups excluding carboxylic acids is 10. The molecular weight excluding hydrogens is 1160 g/mol. The number of ether oxygens (including phenoxy) is 10. The van der Waals surface area contributed by atoms with Crippen molar-refractivity contribution in [2.24, 2.45) is 0 Å². The van der Waals surface area contributed by atoms with Gasteiger partial charge >= 0.3 is 35.8 Å². The summed E-state index contributed by atoms with van der Waals surface area (Å²) in [4.78, 5) is 133. The van der Waals surface area contributed by atoms with E-state index in [-0.39, 0.29) is 175 Å². The maximum atomic E-state index is 14.4. The normalized spacial score (nSPS) is 11.5. The molecule has 0 saturated carbocycles. The van der Waals surface area contributed by atoms with Crippen LogP contribution in [0.1, 0.15) is 206 Å². The Hall–Kier alpha value is -8.94. The SMILES string of the molecule is C=C(C)C(=O)OCCOc1c2cc(C(=O)CCC)cc1Cc1cc(C(=O)CCC)cc(c1OCCOC(=O)CC(=O)OCC)Cc1cc(C(=O)CCC)cc(c1OCCOC(=O)C(=C)C)Cc1cc(C(=O)CCC)cc(c1OCCOC(=O)CC(=O)OCC)C2. The van der Waals surface area contributed by atoms with Gasteiger partial charge in [0.25, 0.3) is 0 Å². The van der Waals surface area contributed by atoms with Crippen molar-refractivity contribution in [2.45, 2.75) is 145 Å². The van der Waals surface area contributed by atoms with Gasteiger partial charge in [-0.05, 0) is 146 Å². The van der Waals surface area contributed by atoms with E-state index in [1.165, 1.54) is 13.8 Å². The predicted molar refractivity (Wildman–Crippen MR) is 332 cm³/mol. The summed E-state index contributed by atoms with van der Waals surface area (Å²) in [6, 6.07) is 13.5. The summed E-state index contributed by atoms with van der Waals surface area (Å²) in [6.45, 7) is 19.1. The second-order valence-electron chi connectivity index (χ2n) is 21.5. The first-order valence-corrected chi connectivity index (χ1v) is 30.7. The minimum Gasteiger partial charge on any atom is -0.489 e. The first-order chi connectivity index (χ1) is 43.1. The number of benzene rings is 4. The van der Waals surface area contributed by atoms with Crippen molar-refractivity contribution in [1.82, 2.24) is 0 Å². The summed E-state index contributed by atoms with van der Waals surface area (Å²) in [6.07, 6.45) is 0.907. The van der Waals surface area contributed by atoms with Crippen molar-refractivity contribution in [2.75, 3.05) is 66.1 Å². The Morgan fingerprint density at radius 1 is 0.322 bits per heavy atom. The third kappa shape index (κ3) is 21.7. The maximum Gasteiger partial charge on any atom is 0.333 e. The van der Waals surface area contributed by atoms with Crippen molar-refractivity contribution in [3.8, 4) is 23.0 Å². The number of ketones is 4. The van der Waals surface area contributed by atoms with Crippen molar-refractivity contribution in [3.63, 3.8) is 0 Å². The Morgan fingerprint density at radius 3 is 0.733 bits per heavy atom. The van der Waals surface area contributed by atoms with Crippen LogP contribution < -0.4 is 18.9 Å². The molecule has 0 fully saturated rings. The summed E-state index contributed by atoms with van der Waals surface area (Å²) in [5, 5.41) is 0. The Morgan fingerprint density at radius 2 is 0.533 bits per heavy atom. The fourth-order valence-electron chi connectivity index (χ4n) is 9.92. The molecule has 0 amide bonds. The monoisotopic (exact) mass is 1240 g/mol. The van der Waals surface area contributed by atoms with Crippen molar-refractivity contribution >= 4 is 58.9 Å². The lowest BCUT2D eigenvalue weighted by Gasteiger charge is -2.25. The molecule has 0 saturated heterocycles. The largest absolute Gasteiger partial charge is 0.489 e. The van der Waals surface area contributed by atoms with E-state index in [0.29, 0.717) is 92.4 Å². The van der Waals surface area contributed by atoms with Crippen molar-refractivity contribution < 1.29 is 95.3 Å². The molecule has 4 aromatic rings. The van der Waals surface area contributed by atoms with Crippen LogP contribution in [-0.2, 0) is 82.9 Å². The van der Waals surface area contributed by atoms with Gasteiger partial charge < -0.3 is 47.4 Å². The van der Waals surface area contributed by atoms with Gasteiger partial charge in [0, 0.05) is 84.8 Å². The number of fused-ring (bicyclic) bond motifs is 8. The molecular formula is C70H84O20. The number of Topliss-reactive ketones (excluding diaryl/α,β-unsaturated/α-hetero) is 4. The number of hydrogen-bond donors (Lipinski definition) is 0. The van der Waals surface area contributed by atoms with Gasteiger partial charge in [0.2, 0.25) is 0 Å². The van der Waals surface area contributed by atoms with Crippen LogP contribution in [0.3, 0.4) is 0 Å². The second kappa shape index (κ2) is 36.5. The number of rotatable bonds is 36. The van der Waals surface area contributed by atoms with E-state index < -0.39 is 48.7 Å². The summed E-state index contributed by atoms with van der Waals surface area (Å²) in [7, 11) is 0. The van der Waals surface area contributed by atoms with E-state index in [1.807, 2.05) is 27.7 Å². The van der Waals surface area contributed by atoms with Crippen LogP contribution in [0.15, 0.2) is 72.8 Å². The minimum absolute atomic E-state index is 0.0568. The summed E-state index contributed by atoms with van der Waals surface area (Å²) >= 11 is 0. The maximum absolute atomic E-state index is 14.4. The highest BCUT2D eigenvalue weighted by atomic mass is 16.6. The van der Waals surface area contributed by atoms with Crippen LogP contribution in [0.2, 0.25) is 0 Å². The zero-order chi connectivity index (χ0) is 65.9. The highest BCUT2D eigenvalue weighted by Crippen LogP contribution is 2.42. The van der Waals surface area contributed by atoms with E-state index in [9.17, 15) is 47.9 Å². The third-order valence-electron chi connectivity index (χ3n) is 13.9. The Balaban J connectivity index is 1.96. The molecule has 0 atom stereocenters. The fraction of sp³-hybridized carbons (Fsp3) is 0.457. The lowest BCUT2D eigenvalue weighted by Crippen LogP contribution is -2.18. The molecule has 4 aromatic carbocycles. The van der Waals surface area contributed by atoms with Gasteiger partial charge in [0.1, 0.15) is 88.7 Å². The molecule has 5 rings (SSSR count). The van der Waals surface area contributed by atoms with Gasteiger partial charge in [-0.2, -0.15) is 0 Å². The van der Waals surface area contributed by atoms with Crippen LogP contribution in [0, 0.1) is 0 Å². The highest BCUT2D eigenvalue weighted by molar-refractivity contribution is 5.99. The average Bonchev–Trinajstić information content (AvgIpc) is 1.07. The molecule has 0 N–H and O–H groups in total. The average molecular weight is 1250 g/mol. The molecule has 484 valence electrons. The summed E-state index contributed by atoms with van der Waals surface area (Å²) < 4.78 is 58.6. The van der Waals surface area contributed by atoms with E-state index in [4.69, 9.17) is 47.4 Å². The van der Waals surface area contributed by atoms with E-state index in [0.717, 1.165) is 0 Å². The molecule has 8 bridgehead atoms. The molecule has 0 spiro atoms. The van der Waals surface area contributed by atoms with Crippen molar-refractivity contribution in [1.29, 1.82) is 0 Å². The van der Waals surface area contributed by atoms with Gasteiger partial charge in [-0.1, -0.05) is 40.9 Å². The third-order valence-corrected chi connectivity index (χ3v) is 13.9. The van der Waals surface area contributed by atoms with Crippen molar-refractivity contribution in [3.05, 3.63) is 140 Å². The van der Waals surface area contributed by atoms with Crippen LogP contribution in [0.5, 0.6) is 23.0 Å². The lowest BCUT2D eigenvalue weighted by atomic mass is 9.86. The predicted octanol–water partition coefficient (Wildman–Crippen LogP) is 11.0. The fourth-order valence-corrected chi connectivity index (χ4v) is 9.92. The lowest BCUT2D eigenvalue weighted by molar-refractivity contribution is -0.156. The molecule has 1 aliphatic rings. The van der Waals surface area contributed by atoms with Gasteiger partial charge in [-0.3, -0.25) is 38.4 Å². The molecule has 0 heterocycles. The number of carbonyl (C=O) groups is 10.